The summed E-state index contributed by atoms with van der Waals surface area (Å²) < 4.78 is 51.8. The van der Waals surface area contributed by atoms with Crippen LogP contribution in [-0.4, -0.2) is 52.9 Å². The summed E-state index contributed by atoms with van der Waals surface area (Å²) in [5.74, 6) is -0.488. The van der Waals surface area contributed by atoms with Gasteiger partial charge >= 0.3 is 6.18 Å². The van der Waals surface area contributed by atoms with Gasteiger partial charge in [-0.25, -0.2) is 4.39 Å². The number of halogens is 4. The average molecular weight is 398 g/mol. The van der Waals surface area contributed by atoms with Gasteiger partial charge in [0.1, 0.15) is 11.5 Å². The predicted molar refractivity (Wildman–Crippen MR) is 96.2 cm³/mol. The van der Waals surface area contributed by atoms with E-state index in [1.807, 2.05) is 0 Å². The number of aryl methyl sites for hydroxylation is 1. The molecule has 152 valence electrons. The molecule has 5 nitrogen and oxygen atoms in total. The first-order chi connectivity index (χ1) is 13.2. The minimum Gasteiger partial charge on any atom is -0.350 e. The number of rotatable bonds is 5. The van der Waals surface area contributed by atoms with Crippen molar-refractivity contribution in [3.8, 4) is 11.3 Å². The van der Waals surface area contributed by atoms with Crippen molar-refractivity contribution in [3.05, 3.63) is 41.8 Å². The Labute approximate surface area is 160 Å². The molecule has 0 atom stereocenters. The molecule has 28 heavy (non-hydrogen) atoms. The van der Waals surface area contributed by atoms with Gasteiger partial charge in [0.2, 0.25) is 0 Å². The molecule has 0 radical (unpaired) electrons. The number of amides is 1. The molecule has 0 unspecified atom stereocenters. The highest BCUT2D eigenvalue weighted by molar-refractivity contribution is 5.93. The number of nitrogens with one attached hydrogen (secondary N) is 1. The fraction of sp³-hybridized carbons (Fsp3) is 0.474. The molecular formula is C19H22F4N4O. The van der Waals surface area contributed by atoms with Crippen LogP contribution in [0.1, 0.15) is 23.3 Å². The van der Waals surface area contributed by atoms with E-state index in [1.54, 1.807) is 25.2 Å². The third-order valence-electron chi connectivity index (χ3n) is 4.91. The Balaban J connectivity index is 1.53. The Morgan fingerprint density at radius 1 is 1.21 bits per heavy atom. The van der Waals surface area contributed by atoms with E-state index in [0.29, 0.717) is 49.4 Å². The van der Waals surface area contributed by atoms with E-state index in [0.717, 1.165) is 0 Å². The maximum Gasteiger partial charge on any atom is 0.401 e. The van der Waals surface area contributed by atoms with Crippen LogP contribution in [0.5, 0.6) is 0 Å². The summed E-state index contributed by atoms with van der Waals surface area (Å²) in [6, 6.07) is 7.47. The Kier molecular flexibility index (Phi) is 6.02. The SMILES string of the molecule is Cn1nc(-c2ccc(F)cc2)cc1C(=O)NCC1CCN(CC(F)(F)F)CC1. The number of benzene rings is 1. The Morgan fingerprint density at radius 3 is 2.46 bits per heavy atom. The number of hydrogen-bond acceptors (Lipinski definition) is 3. The topological polar surface area (TPSA) is 50.2 Å². The van der Waals surface area contributed by atoms with Gasteiger partial charge in [-0.2, -0.15) is 18.3 Å². The van der Waals surface area contributed by atoms with Crippen LogP contribution in [0, 0.1) is 11.7 Å². The van der Waals surface area contributed by atoms with Crippen LogP contribution in [0.2, 0.25) is 0 Å². The maximum absolute atomic E-state index is 13.0. The van der Waals surface area contributed by atoms with E-state index in [9.17, 15) is 22.4 Å². The van der Waals surface area contributed by atoms with Crippen molar-refractivity contribution in [2.75, 3.05) is 26.2 Å². The molecule has 0 aliphatic carbocycles. The molecule has 1 aromatic carbocycles. The first kappa shape index (κ1) is 20.3. The molecule has 1 amide bonds. The third kappa shape index (κ3) is 5.31. The van der Waals surface area contributed by atoms with Gasteiger partial charge in [0.25, 0.3) is 5.91 Å². The number of aromatic nitrogens is 2. The summed E-state index contributed by atoms with van der Waals surface area (Å²) >= 11 is 0. The normalized spacial score (nSPS) is 16.3. The Morgan fingerprint density at radius 2 is 1.86 bits per heavy atom. The minimum atomic E-state index is -4.18. The third-order valence-corrected chi connectivity index (χ3v) is 4.91. The highest BCUT2D eigenvalue weighted by atomic mass is 19.4. The molecule has 3 rings (SSSR count). The zero-order valence-corrected chi connectivity index (χ0v) is 15.5. The minimum absolute atomic E-state index is 0.151. The molecule has 1 fully saturated rings. The lowest BCUT2D eigenvalue weighted by Gasteiger charge is -2.32. The van der Waals surface area contributed by atoms with Crippen molar-refractivity contribution in [1.29, 1.82) is 0 Å². The van der Waals surface area contributed by atoms with Gasteiger partial charge in [0, 0.05) is 19.2 Å². The van der Waals surface area contributed by atoms with Crippen LogP contribution >= 0.6 is 0 Å². The quantitative estimate of drug-likeness (QED) is 0.787. The molecule has 9 heteroatoms. The molecule has 1 aromatic heterocycles. The van der Waals surface area contributed by atoms with Gasteiger partial charge in [-0.1, -0.05) is 0 Å². The lowest BCUT2D eigenvalue weighted by molar-refractivity contribution is -0.148. The van der Waals surface area contributed by atoms with Crippen LogP contribution < -0.4 is 5.32 Å². The highest BCUT2D eigenvalue weighted by Crippen LogP contribution is 2.23. The van der Waals surface area contributed by atoms with Gasteiger partial charge in [0.15, 0.2) is 0 Å². The van der Waals surface area contributed by atoms with Gasteiger partial charge in [-0.05, 0) is 62.2 Å². The lowest BCUT2D eigenvalue weighted by atomic mass is 9.96. The second kappa shape index (κ2) is 8.30. The Bertz CT molecular complexity index is 808. The monoisotopic (exact) mass is 398 g/mol. The smallest absolute Gasteiger partial charge is 0.350 e. The molecule has 1 N–H and O–H groups in total. The number of hydrogen-bond donors (Lipinski definition) is 1. The average Bonchev–Trinajstić information content (AvgIpc) is 3.02. The summed E-state index contributed by atoms with van der Waals surface area (Å²) in [4.78, 5) is 13.9. The largest absolute Gasteiger partial charge is 0.401 e. The number of likely N-dealkylation sites (tertiary alicyclic amines) is 1. The maximum atomic E-state index is 13.0. The van der Waals surface area contributed by atoms with Crippen LogP contribution in [0.4, 0.5) is 17.6 Å². The molecule has 0 spiro atoms. The number of carbonyl (C=O) groups excluding carboxylic acids is 1. The Hall–Kier alpha value is -2.42. The summed E-state index contributed by atoms with van der Waals surface area (Å²) in [6.07, 6.45) is -2.95. The highest BCUT2D eigenvalue weighted by Gasteiger charge is 2.32. The fourth-order valence-electron chi connectivity index (χ4n) is 3.37. The molecule has 0 bridgehead atoms. The van der Waals surface area contributed by atoms with Gasteiger partial charge in [-0.3, -0.25) is 14.4 Å². The molecule has 1 saturated heterocycles. The molecular weight excluding hydrogens is 376 g/mol. The van der Waals surface area contributed by atoms with E-state index in [4.69, 9.17) is 0 Å². The molecule has 1 aliphatic rings. The fourth-order valence-corrected chi connectivity index (χ4v) is 3.37. The van der Waals surface area contributed by atoms with Crippen LogP contribution in [0.25, 0.3) is 11.3 Å². The number of piperidine rings is 1. The van der Waals surface area contributed by atoms with Crippen molar-refractivity contribution in [1.82, 2.24) is 20.0 Å². The summed E-state index contributed by atoms with van der Waals surface area (Å²) in [6.45, 7) is 0.282. The second-order valence-electron chi connectivity index (χ2n) is 7.09. The first-order valence-corrected chi connectivity index (χ1v) is 9.08. The van der Waals surface area contributed by atoms with E-state index in [1.165, 1.54) is 21.7 Å². The van der Waals surface area contributed by atoms with Crippen molar-refractivity contribution in [3.63, 3.8) is 0 Å². The molecule has 2 heterocycles. The van der Waals surface area contributed by atoms with Crippen LogP contribution in [-0.2, 0) is 7.05 Å². The van der Waals surface area contributed by atoms with Crippen molar-refractivity contribution in [2.24, 2.45) is 13.0 Å². The van der Waals surface area contributed by atoms with Crippen molar-refractivity contribution >= 4 is 5.91 Å². The van der Waals surface area contributed by atoms with Crippen molar-refractivity contribution < 1.29 is 22.4 Å². The van der Waals surface area contributed by atoms with Gasteiger partial charge in [-0.15, -0.1) is 0 Å². The molecule has 0 saturated carbocycles. The summed E-state index contributed by atoms with van der Waals surface area (Å²) in [7, 11) is 1.65. The lowest BCUT2D eigenvalue weighted by Crippen LogP contribution is -2.42. The predicted octanol–water partition coefficient (Wildman–Crippen LogP) is 3.23. The van der Waals surface area contributed by atoms with E-state index < -0.39 is 12.7 Å². The zero-order chi connectivity index (χ0) is 20.3. The first-order valence-electron chi connectivity index (χ1n) is 9.08. The van der Waals surface area contributed by atoms with Crippen molar-refractivity contribution in [2.45, 2.75) is 19.0 Å². The summed E-state index contributed by atoms with van der Waals surface area (Å²) in [5.41, 5.74) is 1.63. The summed E-state index contributed by atoms with van der Waals surface area (Å²) in [5, 5.41) is 7.14. The standard InChI is InChI=1S/C19H22F4N4O/c1-26-17(10-16(25-26)14-2-4-15(20)5-3-14)18(28)24-11-13-6-8-27(9-7-13)12-19(21,22)23/h2-5,10,13H,6-9,11-12H2,1H3,(H,24,28). The van der Waals surface area contributed by atoms with Gasteiger partial charge in [0.05, 0.1) is 12.2 Å². The zero-order valence-electron chi connectivity index (χ0n) is 15.5. The molecule has 2 aromatic rings. The van der Waals surface area contributed by atoms with Gasteiger partial charge < -0.3 is 5.32 Å². The number of carbonyl (C=O) groups is 1. The molecule has 1 aliphatic heterocycles. The van der Waals surface area contributed by atoms with E-state index in [2.05, 4.69) is 10.4 Å². The van der Waals surface area contributed by atoms with Crippen LogP contribution in [0.15, 0.2) is 30.3 Å². The van der Waals surface area contributed by atoms with Crippen LogP contribution in [0.3, 0.4) is 0 Å². The number of alkyl halides is 3. The van der Waals surface area contributed by atoms with E-state index in [-0.39, 0.29) is 17.6 Å². The second-order valence-corrected chi connectivity index (χ2v) is 7.09. The number of nitrogens with zero attached hydrogens (tertiary/aromatic N) is 3. The van der Waals surface area contributed by atoms with E-state index >= 15 is 0 Å².